The van der Waals surface area contributed by atoms with Crippen LogP contribution in [0.4, 0.5) is 19.1 Å². The van der Waals surface area contributed by atoms with Gasteiger partial charge in [0.05, 0.1) is 25.1 Å². The Morgan fingerprint density at radius 2 is 1.74 bits per heavy atom. The summed E-state index contributed by atoms with van der Waals surface area (Å²) in [5, 5.41) is -0.445. The number of hydrogen-bond donors (Lipinski definition) is 1. The Balaban J connectivity index is 1.15. The molecule has 5 rings (SSSR count). The van der Waals surface area contributed by atoms with Gasteiger partial charge in [-0.15, -0.1) is 0 Å². The molecule has 1 aromatic carbocycles. The number of ether oxygens (including phenoxy) is 2. The Hall–Kier alpha value is -2.48. The van der Waals surface area contributed by atoms with Gasteiger partial charge in [-0.2, -0.15) is 0 Å². The van der Waals surface area contributed by atoms with E-state index in [-0.39, 0.29) is 30.7 Å². The first kappa shape index (κ1) is 27.1. The number of halogens is 3. The largest absolute Gasteiger partial charge is 0.487 e. The number of piperidine rings is 1. The minimum Gasteiger partial charge on any atom is -0.487 e. The molecule has 3 fully saturated rings. The molecule has 3 aliphatic rings. The van der Waals surface area contributed by atoms with Crippen LogP contribution in [0.15, 0.2) is 24.5 Å². The molecule has 0 bridgehead atoms. The molecule has 208 valence electrons. The Kier molecular flexibility index (Phi) is 7.81. The van der Waals surface area contributed by atoms with Crippen molar-refractivity contribution >= 4 is 16.0 Å². The van der Waals surface area contributed by atoms with E-state index in [2.05, 4.69) is 9.97 Å². The normalized spacial score (nSPS) is 26.1. The fraction of sp³-hybridized carbons (Fsp3) is 0.600. The number of rotatable bonds is 7. The summed E-state index contributed by atoms with van der Waals surface area (Å²) in [7, 11) is -3.34. The second-order valence-electron chi connectivity index (χ2n) is 10.3. The maximum Gasteiger partial charge on any atom is 0.225 e. The zero-order valence-electron chi connectivity index (χ0n) is 21.1. The molecule has 3 saturated heterocycles. The van der Waals surface area contributed by atoms with E-state index < -0.39 is 44.7 Å². The third kappa shape index (κ3) is 5.47. The van der Waals surface area contributed by atoms with Crippen LogP contribution in [0.3, 0.4) is 0 Å². The molecule has 4 heterocycles. The summed E-state index contributed by atoms with van der Waals surface area (Å²) in [4.78, 5) is 10.5. The van der Waals surface area contributed by atoms with E-state index in [1.807, 2.05) is 6.92 Å². The van der Waals surface area contributed by atoms with E-state index >= 15 is 0 Å². The van der Waals surface area contributed by atoms with Gasteiger partial charge >= 0.3 is 0 Å². The predicted octanol–water partition coefficient (Wildman–Crippen LogP) is 2.42. The predicted molar refractivity (Wildman–Crippen MR) is 134 cm³/mol. The van der Waals surface area contributed by atoms with E-state index in [4.69, 9.17) is 15.2 Å². The molecular weight excluding hydrogens is 523 g/mol. The Labute approximate surface area is 220 Å². The highest BCUT2D eigenvalue weighted by Crippen LogP contribution is 2.32. The molecule has 0 aliphatic carbocycles. The van der Waals surface area contributed by atoms with E-state index in [9.17, 15) is 21.6 Å². The number of nitrogens with zero attached hydrogens (tertiary/aromatic N) is 4. The molecule has 2 aromatic rings. The van der Waals surface area contributed by atoms with Crippen LogP contribution >= 0.6 is 0 Å². The monoisotopic (exact) mass is 555 g/mol. The van der Waals surface area contributed by atoms with Crippen molar-refractivity contribution in [3.05, 3.63) is 47.5 Å². The number of benzene rings is 1. The second kappa shape index (κ2) is 10.9. The van der Waals surface area contributed by atoms with Gasteiger partial charge in [0, 0.05) is 50.8 Å². The summed E-state index contributed by atoms with van der Waals surface area (Å²) in [5.74, 6) is -2.69. The zero-order chi connectivity index (χ0) is 27.0. The van der Waals surface area contributed by atoms with Crippen LogP contribution in [-0.4, -0.2) is 79.5 Å². The molecule has 2 N–H and O–H groups in total. The van der Waals surface area contributed by atoms with Gasteiger partial charge < -0.3 is 20.1 Å². The lowest BCUT2D eigenvalue weighted by Gasteiger charge is -2.35. The second-order valence-corrected chi connectivity index (χ2v) is 12.5. The minimum atomic E-state index is -3.34. The molecule has 0 unspecified atom stereocenters. The average Bonchev–Trinajstić information content (AvgIpc) is 3.58. The van der Waals surface area contributed by atoms with Crippen LogP contribution < -0.4 is 15.4 Å². The highest BCUT2D eigenvalue weighted by Gasteiger charge is 2.38. The lowest BCUT2D eigenvalue weighted by Crippen LogP contribution is -2.45. The van der Waals surface area contributed by atoms with Gasteiger partial charge in [0.25, 0.3) is 0 Å². The highest BCUT2D eigenvalue weighted by atomic mass is 32.2. The summed E-state index contributed by atoms with van der Waals surface area (Å²) < 4.78 is 79.8. The van der Waals surface area contributed by atoms with E-state index in [1.54, 1.807) is 21.6 Å². The summed E-state index contributed by atoms with van der Waals surface area (Å²) >= 11 is 0. The molecular formula is C25H32F3N5O4S. The van der Waals surface area contributed by atoms with E-state index in [0.29, 0.717) is 63.3 Å². The molecule has 0 amide bonds. The lowest BCUT2D eigenvalue weighted by molar-refractivity contribution is 0.110. The molecule has 9 nitrogen and oxygen atoms in total. The Bertz CT molecular complexity index is 1240. The quantitative estimate of drug-likeness (QED) is 0.519. The Morgan fingerprint density at radius 3 is 2.39 bits per heavy atom. The molecule has 1 aromatic heterocycles. The van der Waals surface area contributed by atoms with Gasteiger partial charge in [0.1, 0.15) is 11.1 Å². The van der Waals surface area contributed by atoms with Gasteiger partial charge in [-0.1, -0.05) is 0 Å². The molecule has 0 spiro atoms. The SMILES string of the molecule is C[C@H](Oc1cnc(N2C[C@H](c3cc(F)c(F)cc3F)[C@@H](N)C2)nc1)C1CCN(S(=O)(=O)[C@@H]2CCOC2)CC1. The van der Waals surface area contributed by atoms with E-state index in [1.165, 1.54) is 0 Å². The smallest absolute Gasteiger partial charge is 0.225 e. The van der Waals surface area contributed by atoms with Gasteiger partial charge in [0.15, 0.2) is 17.4 Å². The van der Waals surface area contributed by atoms with Gasteiger partial charge in [-0.25, -0.2) is 35.9 Å². The topological polar surface area (TPSA) is 111 Å². The number of aromatic nitrogens is 2. The van der Waals surface area contributed by atoms with Crippen molar-refractivity contribution in [1.29, 1.82) is 0 Å². The number of sulfonamides is 1. The lowest BCUT2D eigenvalue weighted by atomic mass is 9.93. The van der Waals surface area contributed by atoms with Gasteiger partial charge in [0.2, 0.25) is 16.0 Å². The first-order chi connectivity index (χ1) is 18.1. The van der Waals surface area contributed by atoms with Crippen LogP contribution in [0.2, 0.25) is 0 Å². The third-order valence-electron chi connectivity index (χ3n) is 7.85. The third-order valence-corrected chi connectivity index (χ3v) is 10.2. The molecule has 38 heavy (non-hydrogen) atoms. The van der Waals surface area contributed by atoms with Crippen molar-refractivity contribution in [2.24, 2.45) is 11.7 Å². The van der Waals surface area contributed by atoms with Crippen molar-refractivity contribution < 1.29 is 31.1 Å². The minimum absolute atomic E-state index is 0.0306. The summed E-state index contributed by atoms with van der Waals surface area (Å²) in [5.41, 5.74) is 6.22. The van der Waals surface area contributed by atoms with Gasteiger partial charge in [-0.3, -0.25) is 0 Å². The number of hydrogen-bond acceptors (Lipinski definition) is 8. The molecule has 13 heteroatoms. The maximum absolute atomic E-state index is 14.3. The number of anilines is 1. The van der Waals surface area contributed by atoms with Crippen LogP contribution in [0, 0.1) is 23.4 Å². The first-order valence-corrected chi connectivity index (χ1v) is 14.3. The van der Waals surface area contributed by atoms with Crippen LogP contribution in [0.25, 0.3) is 0 Å². The van der Waals surface area contributed by atoms with Crippen LogP contribution in [0.1, 0.15) is 37.7 Å². The molecule has 3 aliphatic heterocycles. The zero-order valence-corrected chi connectivity index (χ0v) is 21.9. The standard InChI is InChI=1S/C25H32F3N5O4S/c1-15(16-2-5-33(6-3-16)38(34,35)18-4-7-36-14-18)37-17-10-30-25(31-11-17)32-12-20(24(29)13-32)19-8-22(27)23(28)9-21(19)26/h8-11,15-16,18,20,24H,2-7,12-14,29H2,1H3/t15-,18+,20+,24-/m0/s1. The maximum atomic E-state index is 14.3. The van der Waals surface area contributed by atoms with E-state index in [0.717, 1.165) is 6.07 Å². The molecule has 0 saturated carbocycles. The molecule has 4 atom stereocenters. The first-order valence-electron chi connectivity index (χ1n) is 12.8. The van der Waals surface area contributed by atoms with Crippen molar-refractivity contribution in [3.8, 4) is 5.75 Å². The van der Waals surface area contributed by atoms with Crippen molar-refractivity contribution in [2.75, 3.05) is 44.3 Å². The average molecular weight is 556 g/mol. The fourth-order valence-corrected chi connectivity index (χ4v) is 7.35. The fourth-order valence-electron chi connectivity index (χ4n) is 5.55. The summed E-state index contributed by atoms with van der Waals surface area (Å²) in [6.45, 7) is 4.22. The van der Waals surface area contributed by atoms with Crippen molar-refractivity contribution in [2.45, 2.75) is 49.5 Å². The van der Waals surface area contributed by atoms with Gasteiger partial charge in [-0.05, 0) is 43.7 Å². The Morgan fingerprint density at radius 1 is 1.05 bits per heavy atom. The summed E-state index contributed by atoms with van der Waals surface area (Å²) in [6, 6.07) is 0.891. The highest BCUT2D eigenvalue weighted by molar-refractivity contribution is 7.89. The van der Waals surface area contributed by atoms with Crippen molar-refractivity contribution in [1.82, 2.24) is 14.3 Å². The van der Waals surface area contributed by atoms with Crippen LogP contribution in [0.5, 0.6) is 5.75 Å². The summed E-state index contributed by atoms with van der Waals surface area (Å²) in [6.07, 6.45) is 4.88. The van der Waals surface area contributed by atoms with Crippen molar-refractivity contribution in [3.63, 3.8) is 0 Å². The molecule has 0 radical (unpaired) electrons. The number of nitrogens with two attached hydrogens (primary N) is 1. The van der Waals surface area contributed by atoms with Crippen LogP contribution in [-0.2, 0) is 14.8 Å².